The number of hydrogen-bond donors (Lipinski definition) is 0. The molecule has 0 unspecified atom stereocenters. The van der Waals surface area contributed by atoms with Crippen LogP contribution >= 0.6 is 0 Å². The Bertz CT molecular complexity index is 319. The first-order valence-corrected chi connectivity index (χ1v) is 5.07. The zero-order chi connectivity index (χ0) is 12.3. The molecule has 1 saturated heterocycles. The van der Waals surface area contributed by atoms with Crippen molar-refractivity contribution in [2.24, 2.45) is 0 Å². The van der Waals surface area contributed by atoms with Gasteiger partial charge in [-0.25, -0.2) is 9.59 Å². The van der Waals surface area contributed by atoms with E-state index < -0.39 is 5.60 Å². The molecule has 16 heavy (non-hydrogen) atoms. The van der Waals surface area contributed by atoms with E-state index in [1.54, 1.807) is 0 Å². The highest BCUT2D eigenvalue weighted by atomic mass is 16.6. The predicted molar refractivity (Wildman–Crippen MR) is 57.9 cm³/mol. The third kappa shape index (κ3) is 3.56. The highest BCUT2D eigenvalue weighted by Gasteiger charge is 2.29. The zero-order valence-electron chi connectivity index (χ0n) is 10.1. The van der Waals surface area contributed by atoms with Crippen molar-refractivity contribution >= 4 is 12.1 Å². The monoisotopic (exact) mass is 227 g/mol. The largest absolute Gasteiger partial charge is 0.466 e. The van der Waals surface area contributed by atoms with Crippen LogP contribution in [-0.2, 0) is 14.3 Å². The average molecular weight is 227 g/mol. The topological polar surface area (TPSA) is 55.8 Å². The molecule has 0 radical (unpaired) electrons. The minimum atomic E-state index is -0.487. The molecule has 1 fully saturated rings. The van der Waals surface area contributed by atoms with Crippen molar-refractivity contribution in [1.29, 1.82) is 0 Å². The van der Waals surface area contributed by atoms with E-state index in [0.717, 1.165) is 5.57 Å². The van der Waals surface area contributed by atoms with Gasteiger partial charge in [-0.2, -0.15) is 0 Å². The van der Waals surface area contributed by atoms with E-state index in [-0.39, 0.29) is 12.1 Å². The number of carbonyl (C=O) groups is 2. The minimum Gasteiger partial charge on any atom is -0.466 e. The van der Waals surface area contributed by atoms with Crippen molar-refractivity contribution in [1.82, 2.24) is 4.90 Å². The molecular weight excluding hydrogens is 210 g/mol. The Labute approximate surface area is 95.0 Å². The molecule has 1 aliphatic rings. The highest BCUT2D eigenvalue weighted by Crippen LogP contribution is 2.18. The summed E-state index contributed by atoms with van der Waals surface area (Å²) in [7, 11) is 1.32. The van der Waals surface area contributed by atoms with Crippen LogP contribution < -0.4 is 0 Å². The summed E-state index contributed by atoms with van der Waals surface area (Å²) in [6, 6.07) is 0. The molecule has 0 aliphatic carbocycles. The van der Waals surface area contributed by atoms with Gasteiger partial charge in [-0.05, 0) is 26.3 Å². The lowest BCUT2D eigenvalue weighted by Crippen LogP contribution is -2.47. The summed E-state index contributed by atoms with van der Waals surface area (Å²) in [6.45, 7) is 6.32. The Hall–Kier alpha value is -1.52. The Balaban J connectivity index is 2.39. The Morgan fingerprint density at radius 2 is 1.88 bits per heavy atom. The van der Waals surface area contributed by atoms with Crippen LogP contribution in [0.15, 0.2) is 11.6 Å². The number of methoxy groups -OCH3 is 1. The third-order valence-electron chi connectivity index (χ3n) is 1.96. The molecule has 0 spiro atoms. The lowest BCUT2D eigenvalue weighted by molar-refractivity contribution is -0.135. The summed E-state index contributed by atoms with van der Waals surface area (Å²) in [5, 5.41) is 0. The second-order valence-electron chi connectivity index (χ2n) is 4.66. The molecule has 0 aromatic heterocycles. The number of ether oxygens (including phenoxy) is 2. The fraction of sp³-hybridized carbons (Fsp3) is 0.636. The number of rotatable bonds is 1. The van der Waals surface area contributed by atoms with Gasteiger partial charge in [0.05, 0.1) is 7.11 Å². The van der Waals surface area contributed by atoms with Crippen LogP contribution in [0.3, 0.4) is 0 Å². The van der Waals surface area contributed by atoms with Crippen molar-refractivity contribution in [3.8, 4) is 0 Å². The molecule has 1 rings (SSSR count). The van der Waals surface area contributed by atoms with Gasteiger partial charge in [-0.3, -0.25) is 0 Å². The number of carbonyl (C=O) groups excluding carboxylic acids is 2. The fourth-order valence-corrected chi connectivity index (χ4v) is 1.22. The van der Waals surface area contributed by atoms with Crippen LogP contribution in [0.1, 0.15) is 20.8 Å². The van der Waals surface area contributed by atoms with Gasteiger partial charge < -0.3 is 14.4 Å². The lowest BCUT2D eigenvalue weighted by atomic mass is 10.1. The van der Waals surface area contributed by atoms with Gasteiger partial charge >= 0.3 is 12.1 Å². The molecule has 0 aromatic carbocycles. The molecule has 0 saturated carbocycles. The molecule has 1 aliphatic heterocycles. The van der Waals surface area contributed by atoms with Crippen molar-refractivity contribution in [2.75, 3.05) is 20.2 Å². The molecule has 1 amide bonds. The number of amides is 1. The smallest absolute Gasteiger partial charge is 0.410 e. The van der Waals surface area contributed by atoms with E-state index in [2.05, 4.69) is 4.74 Å². The maximum atomic E-state index is 11.5. The molecule has 90 valence electrons. The van der Waals surface area contributed by atoms with Gasteiger partial charge in [-0.15, -0.1) is 0 Å². The lowest BCUT2D eigenvalue weighted by Gasteiger charge is -2.35. The van der Waals surface area contributed by atoms with Gasteiger partial charge in [0, 0.05) is 19.2 Å². The van der Waals surface area contributed by atoms with Crippen molar-refractivity contribution in [3.63, 3.8) is 0 Å². The second-order valence-corrected chi connectivity index (χ2v) is 4.66. The van der Waals surface area contributed by atoms with Crippen LogP contribution in [-0.4, -0.2) is 42.8 Å². The standard InChI is InChI=1S/C11H17NO4/c1-11(2,3)16-10(14)12-6-8(7-12)5-9(13)15-4/h5H,6-7H2,1-4H3. The minimum absolute atomic E-state index is 0.352. The third-order valence-corrected chi connectivity index (χ3v) is 1.96. The molecule has 0 aromatic rings. The van der Waals surface area contributed by atoms with Crippen LogP contribution in [0.2, 0.25) is 0 Å². The first kappa shape index (κ1) is 12.5. The number of nitrogens with zero attached hydrogens (tertiary/aromatic N) is 1. The van der Waals surface area contributed by atoms with Crippen molar-refractivity contribution in [2.45, 2.75) is 26.4 Å². The molecule has 0 atom stereocenters. The van der Waals surface area contributed by atoms with Crippen LogP contribution in [0, 0.1) is 0 Å². The SMILES string of the molecule is COC(=O)C=C1CN(C(=O)OC(C)(C)C)C1. The summed E-state index contributed by atoms with van der Waals surface area (Å²) in [6.07, 6.45) is 1.05. The average Bonchev–Trinajstić information content (AvgIpc) is 2.06. The van der Waals surface area contributed by atoms with Crippen LogP contribution in [0.25, 0.3) is 0 Å². The van der Waals surface area contributed by atoms with E-state index in [4.69, 9.17) is 4.74 Å². The predicted octanol–water partition coefficient (Wildman–Crippen LogP) is 1.34. The molecule has 0 N–H and O–H groups in total. The van der Waals surface area contributed by atoms with Crippen LogP contribution in [0.5, 0.6) is 0 Å². The van der Waals surface area contributed by atoms with Crippen molar-refractivity contribution < 1.29 is 19.1 Å². The van der Waals surface area contributed by atoms with Gasteiger partial charge in [0.2, 0.25) is 0 Å². The van der Waals surface area contributed by atoms with E-state index in [1.165, 1.54) is 18.1 Å². The van der Waals surface area contributed by atoms with E-state index in [0.29, 0.717) is 13.1 Å². The molecule has 5 nitrogen and oxygen atoms in total. The molecule has 0 bridgehead atoms. The quantitative estimate of drug-likeness (QED) is 0.501. The fourth-order valence-electron chi connectivity index (χ4n) is 1.22. The van der Waals surface area contributed by atoms with Gasteiger partial charge in [-0.1, -0.05) is 0 Å². The molecular formula is C11H17NO4. The summed E-state index contributed by atoms with van der Waals surface area (Å²) in [5.74, 6) is -0.390. The summed E-state index contributed by atoms with van der Waals surface area (Å²) >= 11 is 0. The summed E-state index contributed by atoms with van der Waals surface area (Å²) < 4.78 is 9.65. The van der Waals surface area contributed by atoms with Gasteiger partial charge in [0.1, 0.15) is 5.60 Å². The summed E-state index contributed by atoms with van der Waals surface area (Å²) in [5.41, 5.74) is 0.386. The Morgan fingerprint density at radius 1 is 1.31 bits per heavy atom. The van der Waals surface area contributed by atoms with E-state index in [9.17, 15) is 9.59 Å². The maximum absolute atomic E-state index is 11.5. The zero-order valence-corrected chi connectivity index (χ0v) is 10.1. The number of esters is 1. The number of hydrogen-bond acceptors (Lipinski definition) is 4. The first-order valence-electron chi connectivity index (χ1n) is 5.07. The van der Waals surface area contributed by atoms with Gasteiger partial charge in [0.15, 0.2) is 0 Å². The highest BCUT2D eigenvalue weighted by molar-refractivity contribution is 5.84. The Kier molecular flexibility index (Phi) is 3.57. The normalized spacial score (nSPS) is 15.2. The van der Waals surface area contributed by atoms with Crippen molar-refractivity contribution in [3.05, 3.63) is 11.6 Å². The second kappa shape index (κ2) is 4.55. The van der Waals surface area contributed by atoms with E-state index >= 15 is 0 Å². The van der Waals surface area contributed by atoms with Gasteiger partial charge in [0.25, 0.3) is 0 Å². The Morgan fingerprint density at radius 3 is 2.31 bits per heavy atom. The van der Waals surface area contributed by atoms with E-state index in [1.807, 2.05) is 20.8 Å². The maximum Gasteiger partial charge on any atom is 0.410 e. The number of likely N-dealkylation sites (tertiary alicyclic amines) is 1. The summed E-state index contributed by atoms with van der Waals surface area (Å²) in [4.78, 5) is 23.9. The van der Waals surface area contributed by atoms with Crippen LogP contribution in [0.4, 0.5) is 4.79 Å². The first-order chi connectivity index (χ1) is 7.31. The molecule has 1 heterocycles. The molecule has 5 heteroatoms.